The molecule has 1 aliphatic heterocycles. The van der Waals surface area contributed by atoms with Crippen molar-refractivity contribution in [2.75, 3.05) is 24.6 Å². The third-order valence-corrected chi connectivity index (χ3v) is 7.22. The van der Waals surface area contributed by atoms with Gasteiger partial charge in [0.25, 0.3) is 5.89 Å². The van der Waals surface area contributed by atoms with Gasteiger partial charge in [0.2, 0.25) is 23.5 Å². The molecule has 1 fully saturated rings. The lowest BCUT2D eigenvalue weighted by Crippen LogP contribution is -2.34. The van der Waals surface area contributed by atoms with Gasteiger partial charge in [-0.15, -0.1) is 0 Å². The van der Waals surface area contributed by atoms with Crippen molar-refractivity contribution in [1.82, 2.24) is 30.2 Å². The van der Waals surface area contributed by atoms with Crippen LogP contribution >= 0.6 is 0 Å². The molecular formula is C29H35F2N7O4. The summed E-state index contributed by atoms with van der Waals surface area (Å²) in [5.41, 5.74) is 0.300. The molecular weight excluding hydrogens is 548 g/mol. The molecule has 0 bridgehead atoms. The van der Waals surface area contributed by atoms with Crippen LogP contribution in [0.1, 0.15) is 70.8 Å². The first-order chi connectivity index (χ1) is 20.3. The summed E-state index contributed by atoms with van der Waals surface area (Å²) in [5.74, 6) is 0.762. The lowest BCUT2D eigenvalue weighted by atomic mass is 9.92. The Bertz CT molecular complexity index is 1430. The largest absolute Gasteiger partial charge is 0.493 e. The van der Waals surface area contributed by atoms with Gasteiger partial charge < -0.3 is 23.8 Å². The minimum Gasteiger partial charge on any atom is -0.493 e. The Morgan fingerprint density at radius 2 is 1.71 bits per heavy atom. The highest BCUT2D eigenvalue weighted by Gasteiger charge is 2.23. The molecule has 0 unspecified atom stereocenters. The minimum atomic E-state index is -0.987. The smallest absolute Gasteiger partial charge is 0.255 e. The number of halogens is 2. The maximum absolute atomic E-state index is 14.7. The van der Waals surface area contributed by atoms with Crippen molar-refractivity contribution in [2.24, 2.45) is 11.8 Å². The van der Waals surface area contributed by atoms with Gasteiger partial charge in [0.05, 0.1) is 17.7 Å². The van der Waals surface area contributed by atoms with Crippen molar-refractivity contribution in [3.63, 3.8) is 0 Å². The standard InChI is InChI=1S/C29H35F2N7O4/c1-4-23(39)28-35-27(37-42-28)25-21(30)13-20(14-22(25)31)40-11-5-6-18-7-9-38(10-8-18)29-32-15-19(16-33-29)26-34-24(41-36-26)12-17(2)3/h13-18,23,39H,4-12H2,1-3H3/t23-/m0/s1. The molecule has 0 saturated carbocycles. The van der Waals surface area contributed by atoms with Gasteiger partial charge in [0.1, 0.15) is 23.5 Å². The minimum absolute atomic E-state index is 0.0843. The number of benzene rings is 1. The van der Waals surface area contributed by atoms with E-state index in [0.717, 1.165) is 62.9 Å². The average molecular weight is 584 g/mol. The van der Waals surface area contributed by atoms with Crippen LogP contribution in [0.2, 0.25) is 0 Å². The zero-order chi connectivity index (χ0) is 29.6. The third-order valence-electron chi connectivity index (χ3n) is 7.22. The van der Waals surface area contributed by atoms with E-state index in [9.17, 15) is 13.9 Å². The van der Waals surface area contributed by atoms with Crippen LogP contribution in [0, 0.1) is 23.5 Å². The van der Waals surface area contributed by atoms with Crippen molar-refractivity contribution in [3.8, 4) is 28.5 Å². The summed E-state index contributed by atoms with van der Waals surface area (Å²) in [6, 6.07) is 2.22. The SMILES string of the molecule is CC[C@H](O)c1nc(-c2c(F)cc(OCCCC3CCN(c4ncc(-c5noc(CC(C)C)n5)cn4)CC3)cc2F)no1. The Balaban J connectivity index is 1.06. The van der Waals surface area contributed by atoms with Crippen molar-refractivity contribution >= 4 is 5.95 Å². The number of aliphatic hydroxyl groups excluding tert-OH is 1. The van der Waals surface area contributed by atoms with E-state index in [4.69, 9.17) is 13.8 Å². The van der Waals surface area contributed by atoms with Crippen molar-refractivity contribution in [2.45, 2.75) is 65.4 Å². The van der Waals surface area contributed by atoms with Gasteiger partial charge in [-0.05, 0) is 43.9 Å². The van der Waals surface area contributed by atoms with Gasteiger partial charge in [-0.3, -0.25) is 0 Å². The second kappa shape index (κ2) is 13.3. The quantitative estimate of drug-likeness (QED) is 0.210. The fourth-order valence-corrected chi connectivity index (χ4v) is 4.88. The lowest BCUT2D eigenvalue weighted by Gasteiger charge is -2.32. The van der Waals surface area contributed by atoms with Gasteiger partial charge in [-0.25, -0.2) is 18.7 Å². The van der Waals surface area contributed by atoms with Crippen LogP contribution in [-0.2, 0) is 6.42 Å². The molecule has 0 spiro atoms. The number of rotatable bonds is 12. The molecule has 11 nitrogen and oxygen atoms in total. The lowest BCUT2D eigenvalue weighted by molar-refractivity contribution is 0.130. The van der Waals surface area contributed by atoms with Crippen LogP contribution in [-0.4, -0.2) is 55.1 Å². The zero-order valence-electron chi connectivity index (χ0n) is 24.0. The molecule has 3 aromatic heterocycles. The molecule has 1 aromatic carbocycles. The first-order valence-corrected chi connectivity index (χ1v) is 14.3. The summed E-state index contributed by atoms with van der Waals surface area (Å²) in [4.78, 5) is 19.5. The molecule has 1 N–H and O–H groups in total. The first kappa shape index (κ1) is 29.5. The third kappa shape index (κ3) is 7.07. The molecule has 1 atom stereocenters. The first-order valence-electron chi connectivity index (χ1n) is 14.3. The molecule has 1 saturated heterocycles. The highest BCUT2D eigenvalue weighted by Crippen LogP contribution is 2.30. The van der Waals surface area contributed by atoms with Crippen LogP contribution in [0.5, 0.6) is 5.75 Å². The summed E-state index contributed by atoms with van der Waals surface area (Å²) >= 11 is 0. The Morgan fingerprint density at radius 1 is 1.02 bits per heavy atom. The number of hydrogen-bond acceptors (Lipinski definition) is 11. The predicted molar refractivity (Wildman–Crippen MR) is 148 cm³/mol. The maximum Gasteiger partial charge on any atom is 0.255 e. The molecule has 5 rings (SSSR count). The van der Waals surface area contributed by atoms with Crippen molar-refractivity contribution < 1.29 is 27.7 Å². The van der Waals surface area contributed by atoms with Gasteiger partial charge in [-0.1, -0.05) is 31.1 Å². The number of aliphatic hydroxyl groups is 1. The molecule has 0 aliphatic carbocycles. The number of ether oxygens (including phenoxy) is 1. The number of nitrogens with zero attached hydrogens (tertiary/aromatic N) is 7. The summed E-state index contributed by atoms with van der Waals surface area (Å²) in [6.07, 6.45) is 7.22. The molecule has 42 heavy (non-hydrogen) atoms. The highest BCUT2D eigenvalue weighted by atomic mass is 19.1. The monoisotopic (exact) mass is 583 g/mol. The second-order valence-corrected chi connectivity index (χ2v) is 10.9. The van der Waals surface area contributed by atoms with Crippen LogP contribution in [0.15, 0.2) is 33.6 Å². The van der Waals surface area contributed by atoms with Crippen molar-refractivity contribution in [1.29, 1.82) is 0 Å². The van der Waals surface area contributed by atoms with Gasteiger partial charge >= 0.3 is 0 Å². The summed E-state index contributed by atoms with van der Waals surface area (Å²) in [7, 11) is 0. The van der Waals surface area contributed by atoms with Gasteiger partial charge in [0, 0.05) is 44.0 Å². The van der Waals surface area contributed by atoms with Crippen LogP contribution in [0.3, 0.4) is 0 Å². The van der Waals surface area contributed by atoms with E-state index in [1.807, 2.05) is 0 Å². The average Bonchev–Trinajstić information content (AvgIpc) is 3.65. The van der Waals surface area contributed by atoms with E-state index in [0.29, 0.717) is 42.5 Å². The number of piperidine rings is 1. The molecule has 0 radical (unpaired) electrons. The zero-order valence-corrected chi connectivity index (χ0v) is 24.0. The van der Waals surface area contributed by atoms with Gasteiger partial charge in [0.15, 0.2) is 0 Å². The summed E-state index contributed by atoms with van der Waals surface area (Å²) < 4.78 is 45.2. The van der Waals surface area contributed by atoms with Crippen molar-refractivity contribution in [3.05, 3.63) is 47.9 Å². The Kier molecular flexibility index (Phi) is 9.35. The van der Waals surface area contributed by atoms with E-state index < -0.39 is 23.3 Å². The normalized spacial score (nSPS) is 15.0. The van der Waals surface area contributed by atoms with E-state index in [1.54, 1.807) is 19.3 Å². The highest BCUT2D eigenvalue weighted by molar-refractivity contribution is 5.58. The molecule has 4 aromatic rings. The maximum atomic E-state index is 14.7. The summed E-state index contributed by atoms with van der Waals surface area (Å²) in [5, 5.41) is 17.4. The van der Waals surface area contributed by atoms with E-state index >= 15 is 0 Å². The molecule has 13 heteroatoms. The Labute approximate surface area is 242 Å². The van der Waals surface area contributed by atoms with Crippen LogP contribution in [0.25, 0.3) is 22.8 Å². The molecule has 1 aliphatic rings. The molecule has 224 valence electrons. The fraction of sp³-hybridized carbons (Fsp3) is 0.517. The fourth-order valence-electron chi connectivity index (χ4n) is 4.88. The van der Waals surface area contributed by atoms with Crippen LogP contribution < -0.4 is 9.64 Å². The van der Waals surface area contributed by atoms with E-state index in [1.165, 1.54) is 0 Å². The molecule has 4 heterocycles. The van der Waals surface area contributed by atoms with E-state index in [-0.39, 0.29) is 17.5 Å². The topological polar surface area (TPSA) is 136 Å². The number of hydrogen-bond donors (Lipinski definition) is 1. The number of anilines is 1. The van der Waals surface area contributed by atoms with E-state index in [2.05, 4.69) is 49.0 Å². The van der Waals surface area contributed by atoms with Crippen LogP contribution in [0.4, 0.5) is 14.7 Å². The Hall–Kier alpha value is -4.00. The van der Waals surface area contributed by atoms with Gasteiger partial charge in [-0.2, -0.15) is 9.97 Å². The predicted octanol–water partition coefficient (Wildman–Crippen LogP) is 5.57. The Morgan fingerprint density at radius 3 is 2.38 bits per heavy atom. The molecule has 0 amide bonds. The summed E-state index contributed by atoms with van der Waals surface area (Å²) in [6.45, 7) is 7.95. The number of aromatic nitrogens is 6. The second-order valence-electron chi connectivity index (χ2n) is 10.9.